The summed E-state index contributed by atoms with van der Waals surface area (Å²) in [5, 5.41) is 6.04. The third-order valence-corrected chi connectivity index (χ3v) is 7.11. The van der Waals surface area contributed by atoms with Gasteiger partial charge < -0.3 is 10.6 Å². The van der Waals surface area contributed by atoms with Crippen LogP contribution in [0.3, 0.4) is 0 Å². The maximum absolute atomic E-state index is 13.2. The van der Waals surface area contributed by atoms with Crippen molar-refractivity contribution in [3.8, 4) is 0 Å². The van der Waals surface area contributed by atoms with Gasteiger partial charge in [0.15, 0.2) is 5.69 Å². The van der Waals surface area contributed by atoms with E-state index in [4.69, 9.17) is 0 Å². The highest BCUT2D eigenvalue weighted by Crippen LogP contribution is 2.25. The Kier molecular flexibility index (Phi) is 7.54. The van der Waals surface area contributed by atoms with Crippen molar-refractivity contribution >= 4 is 37.5 Å². The van der Waals surface area contributed by atoms with Crippen molar-refractivity contribution in [2.75, 3.05) is 36.8 Å². The summed E-state index contributed by atoms with van der Waals surface area (Å²) in [6.45, 7) is 1.04. The molecule has 0 saturated carbocycles. The van der Waals surface area contributed by atoms with Crippen molar-refractivity contribution in [1.82, 2.24) is 14.9 Å². The number of nitrogens with zero attached hydrogens (tertiary/aromatic N) is 2. The third-order valence-electron chi connectivity index (χ3n) is 4.81. The summed E-state index contributed by atoms with van der Waals surface area (Å²) in [7, 11) is -0.978. The van der Waals surface area contributed by atoms with Crippen LogP contribution in [0.1, 0.15) is 5.56 Å². The zero-order chi connectivity index (χ0) is 23.3. The Morgan fingerprint density at radius 3 is 2.31 bits per heavy atom. The van der Waals surface area contributed by atoms with E-state index >= 15 is 0 Å². The van der Waals surface area contributed by atoms with Crippen molar-refractivity contribution in [3.63, 3.8) is 0 Å². The molecule has 0 aliphatic heterocycles. The smallest absolute Gasteiger partial charge is 0.330 e. The number of aromatic nitrogens is 2. The van der Waals surface area contributed by atoms with E-state index in [9.17, 15) is 18.0 Å². The topological polar surface area (TPSA) is 116 Å². The molecule has 0 atom stereocenters. The molecule has 3 N–H and O–H groups in total. The van der Waals surface area contributed by atoms with E-state index in [2.05, 4.69) is 31.5 Å². The van der Waals surface area contributed by atoms with Gasteiger partial charge in [-0.15, -0.1) is 0 Å². The van der Waals surface area contributed by atoms with E-state index in [1.54, 1.807) is 25.2 Å². The van der Waals surface area contributed by atoms with E-state index in [0.717, 1.165) is 14.3 Å². The molecule has 0 aliphatic carbocycles. The molecule has 3 aromatic rings. The molecule has 0 aliphatic rings. The molecule has 0 saturated heterocycles. The second kappa shape index (κ2) is 10.2. The van der Waals surface area contributed by atoms with Crippen LogP contribution in [0.25, 0.3) is 0 Å². The highest BCUT2D eigenvalue weighted by molar-refractivity contribution is 9.10. The first kappa shape index (κ1) is 23.8. The molecule has 0 fully saturated rings. The normalized spacial score (nSPS) is 11.3. The molecule has 1 aromatic heterocycles. The number of H-pyrrole nitrogens is 1. The molecule has 0 bridgehead atoms. The van der Waals surface area contributed by atoms with Crippen molar-refractivity contribution < 1.29 is 8.42 Å². The Hall–Kier alpha value is -2.89. The Bertz CT molecular complexity index is 1290. The van der Waals surface area contributed by atoms with Gasteiger partial charge in [0.05, 0.1) is 11.4 Å². The monoisotopic (exact) mass is 521 g/mol. The zero-order valence-electron chi connectivity index (χ0n) is 17.6. The number of hydrogen-bond donors (Lipinski definition) is 3. The molecule has 0 radical (unpaired) electrons. The average Bonchev–Trinajstić information content (AvgIpc) is 2.78. The van der Waals surface area contributed by atoms with Crippen molar-refractivity contribution in [1.29, 1.82) is 0 Å². The molecule has 0 spiro atoms. The van der Waals surface area contributed by atoms with Gasteiger partial charge in [0.25, 0.3) is 15.6 Å². The van der Waals surface area contributed by atoms with Crippen molar-refractivity contribution in [3.05, 3.63) is 85.5 Å². The van der Waals surface area contributed by atoms with Gasteiger partial charge in [-0.3, -0.25) is 18.7 Å². The highest BCUT2D eigenvalue weighted by atomic mass is 79.9. The lowest BCUT2D eigenvalue weighted by molar-refractivity contribution is 0.593. The SMILES string of the molecule is CNCCNc1c(N(C)S(=O)(=O)c2ccccc2)c(=O)[nH]c(=O)n1Cc1ccc(Br)cc1. The van der Waals surface area contributed by atoms with Crippen LogP contribution in [0, 0.1) is 0 Å². The number of halogens is 1. The molecule has 32 heavy (non-hydrogen) atoms. The molecule has 170 valence electrons. The van der Waals surface area contributed by atoms with Crippen LogP contribution >= 0.6 is 15.9 Å². The third kappa shape index (κ3) is 5.12. The van der Waals surface area contributed by atoms with Crippen molar-refractivity contribution in [2.24, 2.45) is 0 Å². The van der Waals surface area contributed by atoms with E-state index in [1.807, 2.05) is 24.3 Å². The first-order valence-electron chi connectivity index (χ1n) is 9.79. The van der Waals surface area contributed by atoms with Gasteiger partial charge in [0.1, 0.15) is 5.82 Å². The van der Waals surface area contributed by atoms with Gasteiger partial charge >= 0.3 is 5.69 Å². The standard InChI is InChI=1S/C21H24BrN5O4S/c1-23-12-13-24-19-18(26(2)32(30,31)17-6-4-3-5-7-17)20(28)25-21(29)27(19)14-15-8-10-16(22)11-9-15/h3-11,23-24H,12-14H2,1-2H3,(H,25,28,29). The summed E-state index contributed by atoms with van der Waals surface area (Å²) < 4.78 is 29.5. The fraction of sp³-hybridized carbons (Fsp3) is 0.238. The van der Waals surface area contributed by atoms with Gasteiger partial charge in [0, 0.05) is 24.6 Å². The summed E-state index contributed by atoms with van der Waals surface area (Å²) in [4.78, 5) is 27.9. The summed E-state index contributed by atoms with van der Waals surface area (Å²) in [6.07, 6.45) is 0. The highest BCUT2D eigenvalue weighted by Gasteiger charge is 2.28. The first-order valence-corrected chi connectivity index (χ1v) is 12.0. The number of nitrogens with one attached hydrogen (secondary N) is 3. The molecule has 0 unspecified atom stereocenters. The molecule has 11 heteroatoms. The number of sulfonamides is 1. The van der Waals surface area contributed by atoms with E-state index in [-0.39, 0.29) is 22.9 Å². The number of likely N-dealkylation sites (N-methyl/N-ethyl adjacent to an activating group) is 1. The Labute approximate surface area is 194 Å². The maximum atomic E-state index is 13.2. The van der Waals surface area contributed by atoms with Crippen molar-refractivity contribution in [2.45, 2.75) is 11.4 Å². The van der Waals surface area contributed by atoms with Crippen LogP contribution < -0.4 is 26.2 Å². The zero-order valence-corrected chi connectivity index (χ0v) is 20.0. The largest absolute Gasteiger partial charge is 0.368 e. The summed E-state index contributed by atoms with van der Waals surface area (Å²) in [5.41, 5.74) is -0.796. The van der Waals surface area contributed by atoms with E-state index < -0.39 is 21.3 Å². The molecule has 0 amide bonds. The fourth-order valence-electron chi connectivity index (χ4n) is 3.13. The number of benzene rings is 2. The van der Waals surface area contributed by atoms with Crippen LogP contribution in [0.15, 0.2) is 73.6 Å². The predicted molar refractivity (Wildman–Crippen MR) is 129 cm³/mol. The quantitative estimate of drug-likeness (QED) is 0.369. The molecule has 1 heterocycles. The minimum absolute atomic E-state index is 0.0359. The Morgan fingerprint density at radius 1 is 1.03 bits per heavy atom. The number of rotatable bonds is 9. The van der Waals surface area contributed by atoms with Gasteiger partial charge in [-0.2, -0.15) is 0 Å². The van der Waals surface area contributed by atoms with Gasteiger partial charge in [-0.05, 0) is 36.9 Å². The second-order valence-corrected chi connectivity index (χ2v) is 9.87. The maximum Gasteiger partial charge on any atom is 0.330 e. The van der Waals surface area contributed by atoms with Crippen LogP contribution in [0.2, 0.25) is 0 Å². The van der Waals surface area contributed by atoms with E-state index in [1.165, 1.54) is 23.7 Å². The lowest BCUT2D eigenvalue weighted by Gasteiger charge is -2.24. The minimum atomic E-state index is -4.04. The summed E-state index contributed by atoms with van der Waals surface area (Å²) in [6, 6.07) is 15.2. The molecule has 3 rings (SSSR count). The number of anilines is 2. The molecule has 9 nitrogen and oxygen atoms in total. The average molecular weight is 522 g/mol. The minimum Gasteiger partial charge on any atom is -0.368 e. The lowest BCUT2D eigenvalue weighted by atomic mass is 10.2. The van der Waals surface area contributed by atoms with Gasteiger partial charge in [-0.1, -0.05) is 46.3 Å². The fourth-order valence-corrected chi connectivity index (χ4v) is 4.62. The van der Waals surface area contributed by atoms with E-state index in [0.29, 0.717) is 13.1 Å². The van der Waals surface area contributed by atoms with Gasteiger partial charge in [0.2, 0.25) is 0 Å². The van der Waals surface area contributed by atoms with Crippen LogP contribution in [0.5, 0.6) is 0 Å². The second-order valence-electron chi connectivity index (χ2n) is 6.99. The summed E-state index contributed by atoms with van der Waals surface area (Å²) in [5.74, 6) is 0.124. The summed E-state index contributed by atoms with van der Waals surface area (Å²) >= 11 is 3.38. The predicted octanol–water partition coefficient (Wildman–Crippen LogP) is 1.80. The number of aromatic amines is 1. The first-order chi connectivity index (χ1) is 15.3. The molecule has 2 aromatic carbocycles. The van der Waals surface area contributed by atoms with Crippen LogP contribution in [-0.4, -0.2) is 45.2 Å². The van der Waals surface area contributed by atoms with Crippen LogP contribution in [-0.2, 0) is 16.6 Å². The molecular formula is C21H24BrN5O4S. The lowest BCUT2D eigenvalue weighted by Crippen LogP contribution is -2.40. The Balaban J connectivity index is 2.16. The molecular weight excluding hydrogens is 498 g/mol. The van der Waals surface area contributed by atoms with Gasteiger partial charge in [-0.25, -0.2) is 13.2 Å². The number of hydrogen-bond acceptors (Lipinski definition) is 6. The Morgan fingerprint density at radius 2 is 1.69 bits per heavy atom. The van der Waals surface area contributed by atoms with Crippen LogP contribution in [0.4, 0.5) is 11.5 Å².